The Labute approximate surface area is 213 Å². The number of rotatable bonds is 5. The number of hydrogen-bond acceptors (Lipinski definition) is 9. The lowest BCUT2D eigenvalue weighted by molar-refractivity contribution is 0.112. The number of hydrogen-bond donors (Lipinski definition) is 2. The molecule has 4 rings (SSSR count). The number of aldehydes is 1. The zero-order valence-electron chi connectivity index (χ0n) is 20.9. The third-order valence-electron chi connectivity index (χ3n) is 5.70. The Morgan fingerprint density at radius 3 is 1.81 bits per heavy atom. The van der Waals surface area contributed by atoms with Gasteiger partial charge in [-0.3, -0.25) is 4.79 Å². The van der Waals surface area contributed by atoms with Crippen LogP contribution >= 0.6 is 0 Å². The SMILES string of the molecule is C.COc1cc2c(C(C)C)cc(=O)oc2c(C=O)c1O.COc1cc2c(C(C)C)cc(=O)oc2cc1O. The summed E-state index contributed by atoms with van der Waals surface area (Å²) in [5, 5.41) is 20.9. The van der Waals surface area contributed by atoms with Crippen molar-refractivity contribution in [3.05, 3.63) is 67.9 Å². The molecule has 9 heteroatoms. The van der Waals surface area contributed by atoms with Crippen LogP contribution in [0.3, 0.4) is 0 Å². The van der Waals surface area contributed by atoms with Gasteiger partial charge >= 0.3 is 11.3 Å². The molecule has 0 fully saturated rings. The van der Waals surface area contributed by atoms with E-state index >= 15 is 0 Å². The number of phenols is 2. The van der Waals surface area contributed by atoms with E-state index in [1.54, 1.807) is 12.1 Å². The first-order valence-corrected chi connectivity index (χ1v) is 11.2. The van der Waals surface area contributed by atoms with E-state index in [1.807, 2.05) is 27.7 Å². The standard InChI is InChI=1S/C14H14O5.C13H14O4.CH4/c1-7(2)8-5-12(16)19-14-9(8)4-11(18-3)13(17)10(14)6-15;1-7(2)8-5-13(15)17-11-6-10(14)12(16-3)4-9(8)11;/h4-7,17H,1-3H3;4-7,14H,1-3H3;1H4. The van der Waals surface area contributed by atoms with Crippen LogP contribution in [0, 0.1) is 0 Å². The van der Waals surface area contributed by atoms with Crippen molar-refractivity contribution in [2.24, 2.45) is 0 Å². The van der Waals surface area contributed by atoms with Crippen molar-refractivity contribution in [2.45, 2.75) is 47.0 Å². The summed E-state index contributed by atoms with van der Waals surface area (Å²) in [5.41, 5.74) is 1.05. The van der Waals surface area contributed by atoms with Crippen LogP contribution in [-0.4, -0.2) is 30.7 Å². The third kappa shape index (κ3) is 5.77. The van der Waals surface area contributed by atoms with Gasteiger partial charge in [-0.1, -0.05) is 35.1 Å². The largest absolute Gasteiger partial charge is 0.504 e. The molecule has 0 atom stereocenters. The second-order valence-corrected chi connectivity index (χ2v) is 8.71. The maximum absolute atomic E-state index is 11.5. The van der Waals surface area contributed by atoms with E-state index in [4.69, 9.17) is 18.3 Å². The number of methoxy groups -OCH3 is 2. The fourth-order valence-electron chi connectivity index (χ4n) is 3.90. The Hall–Kier alpha value is -4.27. The summed E-state index contributed by atoms with van der Waals surface area (Å²) < 4.78 is 20.2. The van der Waals surface area contributed by atoms with Gasteiger partial charge in [0.25, 0.3) is 0 Å². The Morgan fingerprint density at radius 2 is 1.30 bits per heavy atom. The van der Waals surface area contributed by atoms with Crippen LogP contribution in [0.5, 0.6) is 23.0 Å². The zero-order valence-corrected chi connectivity index (χ0v) is 20.9. The molecule has 0 amide bonds. The van der Waals surface area contributed by atoms with Crippen LogP contribution in [0.2, 0.25) is 0 Å². The number of carbonyl (C=O) groups is 1. The average molecular weight is 513 g/mol. The van der Waals surface area contributed by atoms with Crippen molar-refractivity contribution in [3.8, 4) is 23.0 Å². The summed E-state index contributed by atoms with van der Waals surface area (Å²) >= 11 is 0. The van der Waals surface area contributed by atoms with E-state index in [0.29, 0.717) is 23.0 Å². The van der Waals surface area contributed by atoms with Gasteiger partial charge in [-0.15, -0.1) is 0 Å². The molecule has 0 aliphatic carbocycles. The molecule has 0 radical (unpaired) electrons. The molecule has 37 heavy (non-hydrogen) atoms. The predicted molar refractivity (Wildman–Crippen MR) is 142 cm³/mol. The van der Waals surface area contributed by atoms with Gasteiger partial charge in [0.15, 0.2) is 34.9 Å². The summed E-state index contributed by atoms with van der Waals surface area (Å²) in [6.07, 6.45) is 0.452. The fraction of sp³-hybridized carbons (Fsp3) is 0.321. The zero-order chi connectivity index (χ0) is 26.7. The molecule has 0 saturated heterocycles. The number of aromatic hydroxyl groups is 2. The molecule has 2 aromatic heterocycles. The van der Waals surface area contributed by atoms with Crippen LogP contribution in [0.4, 0.5) is 0 Å². The number of fused-ring (bicyclic) bond motifs is 2. The Bertz CT molecular complexity index is 1540. The molecule has 4 aromatic rings. The van der Waals surface area contributed by atoms with Gasteiger partial charge in [-0.05, 0) is 35.1 Å². The molecular weight excluding hydrogens is 480 g/mol. The molecular formula is C28H32O9. The lowest BCUT2D eigenvalue weighted by Gasteiger charge is -2.12. The Balaban J connectivity index is 0.000000255. The van der Waals surface area contributed by atoms with Crippen LogP contribution in [-0.2, 0) is 0 Å². The van der Waals surface area contributed by atoms with Gasteiger partial charge in [-0.2, -0.15) is 0 Å². The Morgan fingerprint density at radius 1 is 0.784 bits per heavy atom. The highest BCUT2D eigenvalue weighted by atomic mass is 16.5. The van der Waals surface area contributed by atoms with E-state index in [9.17, 15) is 24.6 Å². The summed E-state index contributed by atoms with van der Waals surface area (Å²) in [7, 11) is 2.87. The monoisotopic (exact) mass is 512 g/mol. The molecule has 2 N–H and O–H groups in total. The van der Waals surface area contributed by atoms with Crippen LogP contribution < -0.4 is 20.7 Å². The Kier molecular flexibility index (Phi) is 9.11. The number of ether oxygens (including phenoxy) is 2. The van der Waals surface area contributed by atoms with Crippen LogP contribution in [0.25, 0.3) is 21.9 Å². The van der Waals surface area contributed by atoms with E-state index in [1.165, 1.54) is 32.4 Å². The number of carbonyl (C=O) groups excluding carboxylic acids is 1. The lowest BCUT2D eigenvalue weighted by atomic mass is 9.97. The highest BCUT2D eigenvalue weighted by molar-refractivity contribution is 6.00. The van der Waals surface area contributed by atoms with Crippen molar-refractivity contribution in [1.82, 2.24) is 0 Å². The smallest absolute Gasteiger partial charge is 0.336 e. The van der Waals surface area contributed by atoms with Gasteiger partial charge in [-0.25, -0.2) is 9.59 Å². The second kappa shape index (κ2) is 11.6. The normalized spacial score (nSPS) is 10.7. The number of benzene rings is 2. The van der Waals surface area contributed by atoms with Gasteiger partial charge in [0.2, 0.25) is 0 Å². The topological polar surface area (TPSA) is 136 Å². The molecule has 0 bridgehead atoms. The number of phenolic OH excluding ortho intramolecular Hbond substituents is 2. The van der Waals surface area contributed by atoms with Crippen LogP contribution in [0.1, 0.15) is 68.4 Å². The van der Waals surface area contributed by atoms with Gasteiger partial charge in [0.1, 0.15) is 11.1 Å². The van der Waals surface area contributed by atoms with Crippen molar-refractivity contribution in [2.75, 3.05) is 14.2 Å². The van der Waals surface area contributed by atoms with Crippen molar-refractivity contribution in [1.29, 1.82) is 0 Å². The molecule has 198 valence electrons. The molecule has 0 spiro atoms. The minimum absolute atomic E-state index is 0. The first-order valence-electron chi connectivity index (χ1n) is 11.2. The van der Waals surface area contributed by atoms with Crippen molar-refractivity contribution < 1.29 is 33.3 Å². The van der Waals surface area contributed by atoms with Crippen molar-refractivity contribution in [3.63, 3.8) is 0 Å². The third-order valence-corrected chi connectivity index (χ3v) is 5.70. The summed E-state index contributed by atoms with van der Waals surface area (Å²) in [6.45, 7) is 7.84. The van der Waals surface area contributed by atoms with Crippen molar-refractivity contribution >= 4 is 28.2 Å². The molecule has 2 aromatic carbocycles. The lowest BCUT2D eigenvalue weighted by Crippen LogP contribution is -2.04. The van der Waals surface area contributed by atoms with Gasteiger partial charge in [0.05, 0.1) is 14.2 Å². The molecule has 0 aliphatic heterocycles. The van der Waals surface area contributed by atoms with E-state index in [2.05, 4.69) is 0 Å². The molecule has 2 heterocycles. The average Bonchev–Trinajstić information content (AvgIpc) is 2.82. The molecule has 0 aliphatic rings. The molecule has 9 nitrogen and oxygen atoms in total. The summed E-state index contributed by atoms with van der Waals surface area (Å²) in [5.74, 6) is 0.438. The summed E-state index contributed by atoms with van der Waals surface area (Å²) in [4.78, 5) is 34.1. The maximum atomic E-state index is 11.5. The second-order valence-electron chi connectivity index (χ2n) is 8.71. The fourth-order valence-corrected chi connectivity index (χ4v) is 3.90. The molecule has 0 saturated carbocycles. The van der Waals surface area contributed by atoms with E-state index < -0.39 is 11.3 Å². The maximum Gasteiger partial charge on any atom is 0.336 e. The van der Waals surface area contributed by atoms with E-state index in [0.717, 1.165) is 16.5 Å². The first-order chi connectivity index (χ1) is 17.0. The molecule has 0 unspecified atom stereocenters. The predicted octanol–water partition coefficient (Wildman–Crippen LogP) is 5.71. The van der Waals surface area contributed by atoms with Gasteiger partial charge in [0, 0.05) is 29.0 Å². The first kappa shape index (κ1) is 29.0. The highest BCUT2D eigenvalue weighted by Crippen LogP contribution is 2.38. The summed E-state index contributed by atoms with van der Waals surface area (Å²) in [6, 6.07) is 7.52. The minimum Gasteiger partial charge on any atom is -0.504 e. The quantitative estimate of drug-likeness (QED) is 0.254. The van der Waals surface area contributed by atoms with E-state index in [-0.39, 0.29) is 47.7 Å². The highest BCUT2D eigenvalue weighted by Gasteiger charge is 2.19. The minimum atomic E-state index is -0.552. The van der Waals surface area contributed by atoms with Gasteiger partial charge < -0.3 is 28.5 Å². The van der Waals surface area contributed by atoms with Crippen LogP contribution in [0.15, 0.2) is 48.8 Å².